The monoisotopic (exact) mass is 471 g/mol. The van der Waals surface area contributed by atoms with Gasteiger partial charge in [0, 0.05) is 37.3 Å². The SMILES string of the molecule is OC(CCc1ccccc1)Cn1c2ccc(Br)cc2c2cc(Br)ccc21. The van der Waals surface area contributed by atoms with Crippen molar-refractivity contribution in [2.75, 3.05) is 0 Å². The molecule has 26 heavy (non-hydrogen) atoms. The maximum atomic E-state index is 10.7. The molecule has 0 amide bonds. The van der Waals surface area contributed by atoms with Gasteiger partial charge in [0.05, 0.1) is 6.10 Å². The Balaban J connectivity index is 1.66. The number of aromatic nitrogens is 1. The van der Waals surface area contributed by atoms with Crippen molar-refractivity contribution >= 4 is 53.7 Å². The van der Waals surface area contributed by atoms with Gasteiger partial charge < -0.3 is 9.67 Å². The van der Waals surface area contributed by atoms with E-state index in [-0.39, 0.29) is 6.10 Å². The lowest BCUT2D eigenvalue weighted by molar-refractivity contribution is 0.147. The van der Waals surface area contributed by atoms with E-state index in [2.05, 4.69) is 85.0 Å². The Bertz CT molecular complexity index is 997. The van der Waals surface area contributed by atoms with Gasteiger partial charge in [0.15, 0.2) is 0 Å². The first kappa shape index (κ1) is 17.8. The average Bonchev–Trinajstić information content (AvgIpc) is 2.93. The van der Waals surface area contributed by atoms with E-state index in [1.807, 2.05) is 18.2 Å². The van der Waals surface area contributed by atoms with Crippen LogP contribution in [0.15, 0.2) is 75.7 Å². The standard InChI is InChI=1S/C22H19Br2NO/c23-16-7-10-21-19(12-16)20-13-17(24)8-11-22(20)25(21)14-18(26)9-6-15-4-2-1-3-5-15/h1-5,7-8,10-13,18,26H,6,9,14H2. The minimum Gasteiger partial charge on any atom is -0.391 e. The lowest BCUT2D eigenvalue weighted by Crippen LogP contribution is -2.16. The summed E-state index contributed by atoms with van der Waals surface area (Å²) >= 11 is 7.15. The van der Waals surface area contributed by atoms with Crippen LogP contribution >= 0.6 is 31.9 Å². The van der Waals surface area contributed by atoms with Crippen molar-refractivity contribution in [2.45, 2.75) is 25.5 Å². The predicted octanol–water partition coefficient (Wildman–Crippen LogP) is 6.31. The van der Waals surface area contributed by atoms with Crippen LogP contribution in [0.2, 0.25) is 0 Å². The van der Waals surface area contributed by atoms with E-state index < -0.39 is 0 Å². The summed E-state index contributed by atoms with van der Waals surface area (Å²) in [7, 11) is 0. The van der Waals surface area contributed by atoms with Gasteiger partial charge in [-0.1, -0.05) is 62.2 Å². The van der Waals surface area contributed by atoms with Gasteiger partial charge in [0.2, 0.25) is 0 Å². The fourth-order valence-corrected chi connectivity index (χ4v) is 4.25. The number of hydrogen-bond donors (Lipinski definition) is 1. The van der Waals surface area contributed by atoms with Crippen LogP contribution in [0.5, 0.6) is 0 Å². The predicted molar refractivity (Wildman–Crippen MR) is 116 cm³/mol. The number of fused-ring (bicyclic) bond motifs is 3. The van der Waals surface area contributed by atoms with Crippen LogP contribution in [0, 0.1) is 0 Å². The van der Waals surface area contributed by atoms with Crippen LogP contribution in [0.25, 0.3) is 21.8 Å². The zero-order valence-electron chi connectivity index (χ0n) is 14.2. The van der Waals surface area contributed by atoms with Crippen LogP contribution in [0.3, 0.4) is 0 Å². The molecule has 2 nitrogen and oxygen atoms in total. The molecule has 0 aliphatic carbocycles. The second kappa shape index (κ2) is 7.55. The number of halogens is 2. The molecule has 1 heterocycles. The maximum absolute atomic E-state index is 10.7. The minimum atomic E-state index is -0.388. The van der Waals surface area contributed by atoms with Crippen molar-refractivity contribution in [1.82, 2.24) is 4.57 Å². The number of aryl methyl sites for hydroxylation is 1. The molecular formula is C22H19Br2NO. The molecule has 0 radical (unpaired) electrons. The largest absolute Gasteiger partial charge is 0.391 e. The molecular weight excluding hydrogens is 454 g/mol. The van der Waals surface area contributed by atoms with Crippen LogP contribution in [-0.4, -0.2) is 15.8 Å². The summed E-state index contributed by atoms with van der Waals surface area (Å²) in [5, 5.41) is 13.1. The Morgan fingerprint density at radius 3 is 1.96 bits per heavy atom. The molecule has 1 aromatic heterocycles. The van der Waals surface area contributed by atoms with E-state index in [1.54, 1.807) is 0 Å². The summed E-state index contributed by atoms with van der Waals surface area (Å²) in [6.45, 7) is 0.593. The molecule has 132 valence electrons. The van der Waals surface area contributed by atoms with Gasteiger partial charge in [-0.15, -0.1) is 0 Å². The quantitative estimate of drug-likeness (QED) is 0.361. The molecule has 0 saturated carbocycles. The normalized spacial score (nSPS) is 12.7. The number of aliphatic hydroxyl groups is 1. The Morgan fingerprint density at radius 2 is 1.38 bits per heavy atom. The molecule has 0 aliphatic heterocycles. The molecule has 1 N–H and O–H groups in total. The van der Waals surface area contributed by atoms with Gasteiger partial charge in [-0.2, -0.15) is 0 Å². The van der Waals surface area contributed by atoms with Gasteiger partial charge in [0.1, 0.15) is 0 Å². The Hall–Kier alpha value is -1.62. The van der Waals surface area contributed by atoms with Gasteiger partial charge in [-0.05, 0) is 54.8 Å². The number of nitrogens with zero attached hydrogens (tertiary/aromatic N) is 1. The second-order valence-electron chi connectivity index (χ2n) is 6.61. The summed E-state index contributed by atoms with van der Waals surface area (Å²) in [6, 6.07) is 23.0. The molecule has 0 bridgehead atoms. The molecule has 1 unspecified atom stereocenters. The lowest BCUT2D eigenvalue weighted by Gasteiger charge is -2.14. The molecule has 0 spiro atoms. The highest BCUT2D eigenvalue weighted by molar-refractivity contribution is 9.10. The molecule has 4 aromatic rings. The van der Waals surface area contributed by atoms with Crippen molar-refractivity contribution in [3.63, 3.8) is 0 Å². The van der Waals surface area contributed by atoms with E-state index in [1.165, 1.54) is 16.3 Å². The highest BCUT2D eigenvalue weighted by atomic mass is 79.9. The van der Waals surface area contributed by atoms with E-state index in [0.717, 1.165) is 32.8 Å². The number of benzene rings is 3. The Morgan fingerprint density at radius 1 is 0.808 bits per heavy atom. The van der Waals surface area contributed by atoms with Gasteiger partial charge >= 0.3 is 0 Å². The van der Waals surface area contributed by atoms with Crippen molar-refractivity contribution in [3.8, 4) is 0 Å². The lowest BCUT2D eigenvalue weighted by atomic mass is 10.1. The van der Waals surface area contributed by atoms with E-state index >= 15 is 0 Å². The van der Waals surface area contributed by atoms with Crippen LogP contribution in [-0.2, 0) is 13.0 Å². The minimum absolute atomic E-state index is 0.388. The van der Waals surface area contributed by atoms with Crippen LogP contribution in [0.4, 0.5) is 0 Å². The smallest absolute Gasteiger partial charge is 0.0722 e. The molecule has 3 aromatic carbocycles. The second-order valence-corrected chi connectivity index (χ2v) is 8.44. The van der Waals surface area contributed by atoms with Crippen molar-refractivity contribution in [2.24, 2.45) is 0 Å². The first-order valence-corrected chi connectivity index (χ1v) is 10.3. The zero-order chi connectivity index (χ0) is 18.1. The fourth-order valence-electron chi connectivity index (χ4n) is 3.53. The third kappa shape index (κ3) is 3.59. The number of rotatable bonds is 5. The van der Waals surface area contributed by atoms with Gasteiger partial charge in [-0.25, -0.2) is 0 Å². The maximum Gasteiger partial charge on any atom is 0.0722 e. The van der Waals surface area contributed by atoms with Crippen molar-refractivity contribution < 1.29 is 5.11 Å². The Labute approximate surface area is 169 Å². The highest BCUT2D eigenvalue weighted by Gasteiger charge is 2.14. The topological polar surface area (TPSA) is 25.2 Å². The third-order valence-electron chi connectivity index (χ3n) is 4.79. The molecule has 0 aliphatic rings. The van der Waals surface area contributed by atoms with E-state index in [9.17, 15) is 5.11 Å². The first-order valence-electron chi connectivity index (χ1n) is 8.71. The molecule has 1 atom stereocenters. The summed E-state index contributed by atoms with van der Waals surface area (Å²) in [5.41, 5.74) is 3.57. The third-order valence-corrected chi connectivity index (χ3v) is 5.78. The van der Waals surface area contributed by atoms with Crippen LogP contribution < -0.4 is 0 Å². The summed E-state index contributed by atoms with van der Waals surface area (Å²) in [4.78, 5) is 0. The summed E-state index contributed by atoms with van der Waals surface area (Å²) < 4.78 is 4.36. The molecule has 4 rings (SSSR count). The highest BCUT2D eigenvalue weighted by Crippen LogP contribution is 2.33. The van der Waals surface area contributed by atoms with Gasteiger partial charge in [0.25, 0.3) is 0 Å². The van der Waals surface area contributed by atoms with Crippen LogP contribution in [0.1, 0.15) is 12.0 Å². The van der Waals surface area contributed by atoms with Gasteiger partial charge in [-0.3, -0.25) is 0 Å². The molecule has 0 saturated heterocycles. The Kier molecular flexibility index (Phi) is 5.16. The first-order chi connectivity index (χ1) is 12.6. The fraction of sp³-hybridized carbons (Fsp3) is 0.182. The summed E-state index contributed by atoms with van der Waals surface area (Å²) in [6.07, 6.45) is 1.25. The van der Waals surface area contributed by atoms with E-state index in [0.29, 0.717) is 6.54 Å². The summed E-state index contributed by atoms with van der Waals surface area (Å²) in [5.74, 6) is 0. The number of hydrogen-bond acceptors (Lipinski definition) is 1. The van der Waals surface area contributed by atoms with E-state index in [4.69, 9.17) is 0 Å². The molecule has 0 fully saturated rings. The number of aliphatic hydroxyl groups excluding tert-OH is 1. The van der Waals surface area contributed by atoms with Crippen molar-refractivity contribution in [3.05, 3.63) is 81.2 Å². The zero-order valence-corrected chi connectivity index (χ0v) is 17.4. The molecule has 4 heteroatoms. The average molecular weight is 473 g/mol. The van der Waals surface area contributed by atoms with Crippen molar-refractivity contribution in [1.29, 1.82) is 0 Å².